The number of hydrogen-bond donors (Lipinski definition) is 0. The molecule has 0 unspecified atom stereocenters. The van der Waals surface area contributed by atoms with E-state index in [0.29, 0.717) is 12.1 Å². The highest BCUT2D eigenvalue weighted by molar-refractivity contribution is 5.94. The molecule has 0 aromatic carbocycles. The van der Waals surface area contributed by atoms with Crippen molar-refractivity contribution in [1.82, 2.24) is 19.7 Å². The quantitative estimate of drug-likeness (QED) is 0.820. The number of aromatic nitrogens is 3. The van der Waals surface area contributed by atoms with Crippen LogP contribution in [0, 0.1) is 6.92 Å². The van der Waals surface area contributed by atoms with E-state index >= 15 is 0 Å². The molecule has 1 amide bonds. The minimum Gasteiger partial charge on any atom is -0.337 e. The lowest BCUT2D eigenvalue weighted by molar-refractivity contribution is 0.0784. The molecule has 94 valence electrons. The van der Waals surface area contributed by atoms with Crippen LogP contribution in [0.2, 0.25) is 0 Å². The lowest BCUT2D eigenvalue weighted by Gasteiger charge is -2.16. The van der Waals surface area contributed by atoms with Crippen molar-refractivity contribution in [3.8, 4) is 0 Å². The number of hydrogen-bond acceptors (Lipinski definition) is 3. The predicted molar refractivity (Wildman–Crippen MR) is 68.0 cm³/mol. The smallest absolute Gasteiger partial charge is 0.257 e. The highest BCUT2D eigenvalue weighted by atomic mass is 16.2. The summed E-state index contributed by atoms with van der Waals surface area (Å²) < 4.78 is 1.70. The van der Waals surface area contributed by atoms with Crippen molar-refractivity contribution in [2.24, 2.45) is 7.05 Å². The molecule has 0 aliphatic heterocycles. The molecule has 2 rings (SSSR count). The van der Waals surface area contributed by atoms with Gasteiger partial charge in [-0.05, 0) is 24.6 Å². The molecule has 0 fully saturated rings. The van der Waals surface area contributed by atoms with Gasteiger partial charge < -0.3 is 4.90 Å². The molecule has 2 heterocycles. The topological polar surface area (TPSA) is 51.0 Å². The van der Waals surface area contributed by atoms with E-state index in [1.807, 2.05) is 26.1 Å². The molecule has 18 heavy (non-hydrogen) atoms. The van der Waals surface area contributed by atoms with E-state index in [2.05, 4.69) is 10.1 Å². The fraction of sp³-hybridized carbons (Fsp3) is 0.308. The van der Waals surface area contributed by atoms with Crippen LogP contribution in [-0.4, -0.2) is 32.6 Å². The van der Waals surface area contributed by atoms with Gasteiger partial charge in [-0.2, -0.15) is 5.10 Å². The fourth-order valence-corrected chi connectivity index (χ4v) is 1.75. The molecule has 0 saturated carbocycles. The van der Waals surface area contributed by atoms with Crippen LogP contribution in [-0.2, 0) is 13.6 Å². The van der Waals surface area contributed by atoms with Gasteiger partial charge in [-0.3, -0.25) is 14.5 Å². The number of carbonyl (C=O) groups excluding carboxylic acids is 1. The van der Waals surface area contributed by atoms with Gasteiger partial charge in [0.15, 0.2) is 0 Å². The van der Waals surface area contributed by atoms with Gasteiger partial charge in [0.05, 0.1) is 11.8 Å². The molecule has 0 aliphatic carbocycles. The maximum Gasteiger partial charge on any atom is 0.257 e. The minimum absolute atomic E-state index is 0.0163. The molecule has 0 aliphatic rings. The summed E-state index contributed by atoms with van der Waals surface area (Å²) in [6.07, 6.45) is 5.06. The molecule has 2 aromatic heterocycles. The van der Waals surface area contributed by atoms with Crippen LogP contribution in [0.5, 0.6) is 0 Å². The first-order valence-corrected chi connectivity index (χ1v) is 5.72. The number of pyridine rings is 1. The molecule has 0 N–H and O–H groups in total. The Bertz CT molecular complexity index is 547. The molecule has 0 atom stereocenters. The average molecular weight is 244 g/mol. The minimum atomic E-state index is -0.0163. The highest BCUT2D eigenvalue weighted by Gasteiger charge is 2.16. The summed E-state index contributed by atoms with van der Waals surface area (Å²) >= 11 is 0. The summed E-state index contributed by atoms with van der Waals surface area (Å²) in [4.78, 5) is 17.9. The van der Waals surface area contributed by atoms with E-state index in [4.69, 9.17) is 0 Å². The number of rotatable bonds is 3. The van der Waals surface area contributed by atoms with Gasteiger partial charge in [-0.25, -0.2) is 0 Å². The van der Waals surface area contributed by atoms with Gasteiger partial charge in [0, 0.05) is 38.7 Å². The fourth-order valence-electron chi connectivity index (χ4n) is 1.75. The normalized spacial score (nSPS) is 10.4. The lowest BCUT2D eigenvalue weighted by atomic mass is 10.2. The van der Waals surface area contributed by atoms with Crippen LogP contribution < -0.4 is 0 Å². The van der Waals surface area contributed by atoms with E-state index in [9.17, 15) is 4.79 Å². The molecule has 0 saturated heterocycles. The highest BCUT2D eigenvalue weighted by Crippen LogP contribution is 2.11. The largest absolute Gasteiger partial charge is 0.337 e. The molecule has 2 aromatic rings. The van der Waals surface area contributed by atoms with Gasteiger partial charge in [-0.15, -0.1) is 0 Å². The van der Waals surface area contributed by atoms with Crippen molar-refractivity contribution in [2.45, 2.75) is 13.5 Å². The van der Waals surface area contributed by atoms with Crippen molar-refractivity contribution in [3.63, 3.8) is 0 Å². The SMILES string of the molecule is Cc1c(C(=O)N(C)Cc2ccncc2)cnn1C. The summed E-state index contributed by atoms with van der Waals surface area (Å²) in [5.41, 5.74) is 2.58. The number of nitrogens with zero attached hydrogens (tertiary/aromatic N) is 4. The number of aryl methyl sites for hydroxylation is 1. The first-order chi connectivity index (χ1) is 8.59. The van der Waals surface area contributed by atoms with Crippen LogP contribution in [0.3, 0.4) is 0 Å². The summed E-state index contributed by atoms with van der Waals surface area (Å²) in [5, 5.41) is 4.09. The van der Waals surface area contributed by atoms with E-state index < -0.39 is 0 Å². The van der Waals surface area contributed by atoms with Crippen molar-refractivity contribution < 1.29 is 4.79 Å². The maximum atomic E-state index is 12.2. The van der Waals surface area contributed by atoms with Gasteiger partial charge in [-0.1, -0.05) is 0 Å². The van der Waals surface area contributed by atoms with Gasteiger partial charge in [0.2, 0.25) is 0 Å². The van der Waals surface area contributed by atoms with Crippen LogP contribution in [0.15, 0.2) is 30.7 Å². The average Bonchev–Trinajstić information content (AvgIpc) is 2.70. The summed E-state index contributed by atoms with van der Waals surface area (Å²) in [5.74, 6) is -0.0163. The maximum absolute atomic E-state index is 12.2. The van der Waals surface area contributed by atoms with Crippen molar-refractivity contribution >= 4 is 5.91 Å². The summed E-state index contributed by atoms with van der Waals surface area (Å²) in [7, 11) is 3.62. The monoisotopic (exact) mass is 244 g/mol. The first-order valence-electron chi connectivity index (χ1n) is 5.72. The molecule has 0 radical (unpaired) electrons. The first kappa shape index (κ1) is 12.3. The standard InChI is InChI=1S/C13H16N4O/c1-10-12(8-15-17(10)3)13(18)16(2)9-11-4-6-14-7-5-11/h4-8H,9H2,1-3H3. The van der Waals surface area contributed by atoms with Crippen LogP contribution >= 0.6 is 0 Å². The van der Waals surface area contributed by atoms with E-state index in [1.165, 1.54) is 0 Å². The second-order valence-electron chi connectivity index (χ2n) is 4.28. The van der Waals surface area contributed by atoms with Gasteiger partial charge in [0.25, 0.3) is 5.91 Å². The zero-order valence-electron chi connectivity index (χ0n) is 10.8. The van der Waals surface area contributed by atoms with Crippen LogP contribution in [0.25, 0.3) is 0 Å². The summed E-state index contributed by atoms with van der Waals surface area (Å²) in [6.45, 7) is 2.45. The Hall–Kier alpha value is -2.17. The van der Waals surface area contributed by atoms with E-state index in [0.717, 1.165) is 11.3 Å². The third-order valence-corrected chi connectivity index (χ3v) is 2.98. The van der Waals surface area contributed by atoms with Crippen LogP contribution in [0.4, 0.5) is 0 Å². The van der Waals surface area contributed by atoms with E-state index in [-0.39, 0.29) is 5.91 Å². The van der Waals surface area contributed by atoms with Crippen LogP contribution in [0.1, 0.15) is 21.6 Å². The second-order valence-corrected chi connectivity index (χ2v) is 4.28. The van der Waals surface area contributed by atoms with E-state index in [1.54, 1.807) is 35.2 Å². The molecule has 0 bridgehead atoms. The molecular formula is C13H16N4O. The molecular weight excluding hydrogens is 228 g/mol. The Morgan fingerprint density at radius 2 is 2.06 bits per heavy atom. The third-order valence-electron chi connectivity index (χ3n) is 2.98. The Labute approximate surface area is 106 Å². The van der Waals surface area contributed by atoms with Crippen molar-refractivity contribution in [2.75, 3.05) is 7.05 Å². The zero-order chi connectivity index (χ0) is 13.1. The third kappa shape index (κ3) is 2.40. The molecule has 5 heteroatoms. The Balaban J connectivity index is 2.12. The Morgan fingerprint density at radius 1 is 1.39 bits per heavy atom. The van der Waals surface area contributed by atoms with Crippen molar-refractivity contribution in [1.29, 1.82) is 0 Å². The van der Waals surface area contributed by atoms with Crippen molar-refractivity contribution in [3.05, 3.63) is 47.5 Å². The number of amides is 1. The molecule has 5 nitrogen and oxygen atoms in total. The Kier molecular flexibility index (Phi) is 3.41. The predicted octanol–water partition coefficient (Wildman–Crippen LogP) is 1.40. The summed E-state index contributed by atoms with van der Waals surface area (Å²) in [6, 6.07) is 3.81. The van der Waals surface area contributed by atoms with Gasteiger partial charge >= 0.3 is 0 Å². The lowest BCUT2D eigenvalue weighted by Crippen LogP contribution is -2.26. The Morgan fingerprint density at radius 3 is 2.61 bits per heavy atom. The zero-order valence-corrected chi connectivity index (χ0v) is 10.8. The molecule has 0 spiro atoms. The second kappa shape index (κ2) is 5.00. The van der Waals surface area contributed by atoms with Gasteiger partial charge in [0.1, 0.15) is 0 Å². The number of carbonyl (C=O) groups is 1.